The molecule has 7 aromatic rings. The molecule has 0 aliphatic carbocycles. The van der Waals surface area contributed by atoms with Crippen LogP contribution < -0.4 is 0 Å². The zero-order valence-corrected chi connectivity index (χ0v) is 20.8. The van der Waals surface area contributed by atoms with Gasteiger partial charge in [0.15, 0.2) is 0 Å². The van der Waals surface area contributed by atoms with E-state index in [1.807, 2.05) is 11.3 Å². The number of aromatic nitrogens is 2. The Hall–Kier alpha value is -4.60. The average Bonchev–Trinajstić information content (AvgIpc) is 3.37. The van der Waals surface area contributed by atoms with Crippen molar-refractivity contribution in [1.29, 1.82) is 0 Å². The minimum Gasteiger partial charge on any atom is -0.236 e. The second-order valence-electron chi connectivity index (χ2n) is 9.10. The topological polar surface area (TPSA) is 25.8 Å². The molecule has 0 saturated heterocycles. The van der Waals surface area contributed by atoms with Crippen LogP contribution in [-0.4, -0.2) is 9.97 Å². The normalized spacial score (nSPS) is 11.2. The van der Waals surface area contributed by atoms with Crippen molar-refractivity contribution in [3.8, 4) is 44.8 Å². The molecule has 5 aromatic carbocycles. The van der Waals surface area contributed by atoms with E-state index in [0.717, 1.165) is 22.5 Å². The Balaban J connectivity index is 1.40. The van der Waals surface area contributed by atoms with E-state index in [0.29, 0.717) is 0 Å². The molecule has 37 heavy (non-hydrogen) atoms. The summed E-state index contributed by atoms with van der Waals surface area (Å²) in [6.07, 6.45) is 1.69. The molecule has 0 fully saturated rings. The first-order valence-electron chi connectivity index (χ1n) is 12.3. The van der Waals surface area contributed by atoms with E-state index in [2.05, 4.69) is 127 Å². The number of rotatable bonds is 4. The van der Waals surface area contributed by atoms with Gasteiger partial charge in [0, 0.05) is 31.3 Å². The first-order chi connectivity index (χ1) is 18.3. The monoisotopic (exact) mass is 490 g/mol. The van der Waals surface area contributed by atoms with Gasteiger partial charge in [-0.1, -0.05) is 97.1 Å². The van der Waals surface area contributed by atoms with E-state index in [4.69, 9.17) is 9.97 Å². The van der Waals surface area contributed by atoms with Crippen molar-refractivity contribution < 1.29 is 0 Å². The van der Waals surface area contributed by atoms with E-state index in [-0.39, 0.29) is 0 Å². The van der Waals surface area contributed by atoms with Gasteiger partial charge in [-0.05, 0) is 52.6 Å². The maximum absolute atomic E-state index is 4.72. The van der Waals surface area contributed by atoms with E-state index in [1.165, 1.54) is 42.4 Å². The zero-order chi connectivity index (χ0) is 24.6. The Morgan fingerprint density at radius 2 is 1.03 bits per heavy atom. The smallest absolute Gasteiger partial charge is 0.116 e. The molecule has 0 N–H and O–H groups in total. The molecule has 0 amide bonds. The van der Waals surface area contributed by atoms with E-state index in [1.54, 1.807) is 6.33 Å². The summed E-state index contributed by atoms with van der Waals surface area (Å²) < 4.78 is 2.55. The molecular formula is C34H22N2S. The summed E-state index contributed by atoms with van der Waals surface area (Å²) in [5.41, 5.74) is 8.79. The molecule has 174 valence electrons. The zero-order valence-electron chi connectivity index (χ0n) is 20.0. The lowest BCUT2D eigenvalue weighted by Crippen LogP contribution is -1.91. The Bertz CT molecular complexity index is 1810. The minimum absolute atomic E-state index is 0.915. The number of hydrogen-bond donors (Lipinski definition) is 0. The number of benzene rings is 5. The first kappa shape index (κ1) is 21.7. The van der Waals surface area contributed by atoms with Gasteiger partial charge in [0.25, 0.3) is 0 Å². The van der Waals surface area contributed by atoms with Crippen LogP contribution in [0.1, 0.15) is 0 Å². The molecule has 0 aliphatic heterocycles. The van der Waals surface area contributed by atoms with Crippen LogP contribution in [0, 0.1) is 0 Å². The second-order valence-corrected chi connectivity index (χ2v) is 10.2. The largest absolute Gasteiger partial charge is 0.236 e. The Morgan fingerprint density at radius 3 is 1.76 bits per heavy atom. The molecule has 2 nitrogen and oxygen atoms in total. The van der Waals surface area contributed by atoms with E-state index < -0.39 is 0 Å². The van der Waals surface area contributed by atoms with Crippen molar-refractivity contribution in [3.05, 3.63) is 134 Å². The van der Waals surface area contributed by atoms with Gasteiger partial charge in [0.2, 0.25) is 0 Å². The lowest BCUT2D eigenvalue weighted by Gasteiger charge is -2.11. The van der Waals surface area contributed by atoms with E-state index in [9.17, 15) is 0 Å². The number of thiophene rings is 1. The van der Waals surface area contributed by atoms with Gasteiger partial charge in [-0.3, -0.25) is 0 Å². The Labute approximate surface area is 219 Å². The fourth-order valence-electron chi connectivity index (χ4n) is 4.98. The molecule has 0 spiro atoms. The highest BCUT2D eigenvalue weighted by Crippen LogP contribution is 2.40. The molecular weight excluding hydrogens is 468 g/mol. The molecule has 3 heteroatoms. The molecule has 0 aliphatic rings. The van der Waals surface area contributed by atoms with E-state index >= 15 is 0 Å². The molecule has 2 aromatic heterocycles. The molecule has 2 heterocycles. The van der Waals surface area contributed by atoms with Crippen LogP contribution in [0.5, 0.6) is 0 Å². The predicted molar refractivity (Wildman–Crippen MR) is 157 cm³/mol. The lowest BCUT2D eigenvalue weighted by atomic mass is 9.94. The summed E-state index contributed by atoms with van der Waals surface area (Å²) >= 11 is 1.82. The predicted octanol–water partition coefficient (Wildman–Crippen LogP) is 9.51. The van der Waals surface area contributed by atoms with Crippen LogP contribution in [0.3, 0.4) is 0 Å². The van der Waals surface area contributed by atoms with Gasteiger partial charge in [0.05, 0.1) is 11.4 Å². The lowest BCUT2D eigenvalue weighted by molar-refractivity contribution is 1.18. The maximum atomic E-state index is 4.72. The summed E-state index contributed by atoms with van der Waals surface area (Å²) in [4.78, 5) is 9.43. The van der Waals surface area contributed by atoms with Gasteiger partial charge in [-0.15, -0.1) is 11.3 Å². The summed E-state index contributed by atoms with van der Waals surface area (Å²) in [5.74, 6) is 0. The summed E-state index contributed by atoms with van der Waals surface area (Å²) in [6.45, 7) is 0. The molecule has 0 bridgehead atoms. The highest BCUT2D eigenvalue weighted by Gasteiger charge is 2.13. The van der Waals surface area contributed by atoms with Gasteiger partial charge < -0.3 is 0 Å². The Kier molecular flexibility index (Phi) is 5.34. The Morgan fingerprint density at radius 1 is 0.432 bits per heavy atom. The highest BCUT2D eigenvalue weighted by atomic mass is 32.1. The first-order valence-corrected chi connectivity index (χ1v) is 13.1. The molecule has 7 rings (SSSR count). The molecule has 0 saturated carbocycles. The SMILES string of the molecule is c1ccc(-c2cc(-c3ccccc3)cc(-c3cc(-c4cccc5c4sc4ccccc45)ncn3)c2)cc1. The number of nitrogens with zero attached hydrogens (tertiary/aromatic N) is 2. The maximum Gasteiger partial charge on any atom is 0.116 e. The van der Waals surface area contributed by atoms with Crippen molar-refractivity contribution in [1.82, 2.24) is 9.97 Å². The molecule has 0 radical (unpaired) electrons. The third-order valence-corrected chi connectivity index (χ3v) is 8.01. The van der Waals surface area contributed by atoms with Gasteiger partial charge in [-0.2, -0.15) is 0 Å². The summed E-state index contributed by atoms with van der Waals surface area (Å²) in [5, 5.41) is 2.57. The van der Waals surface area contributed by atoms with Crippen LogP contribution >= 0.6 is 11.3 Å². The third-order valence-electron chi connectivity index (χ3n) is 6.79. The number of hydrogen-bond acceptors (Lipinski definition) is 3. The fourth-order valence-corrected chi connectivity index (χ4v) is 6.21. The van der Waals surface area contributed by atoms with Crippen LogP contribution in [-0.2, 0) is 0 Å². The molecule has 0 unspecified atom stereocenters. The van der Waals surface area contributed by atoms with Crippen LogP contribution in [0.4, 0.5) is 0 Å². The minimum atomic E-state index is 0.915. The van der Waals surface area contributed by atoms with Crippen molar-refractivity contribution in [3.63, 3.8) is 0 Å². The van der Waals surface area contributed by atoms with Crippen molar-refractivity contribution in [2.24, 2.45) is 0 Å². The average molecular weight is 491 g/mol. The van der Waals surface area contributed by atoms with Gasteiger partial charge in [-0.25, -0.2) is 9.97 Å². The van der Waals surface area contributed by atoms with Gasteiger partial charge in [0.1, 0.15) is 6.33 Å². The molecule has 0 atom stereocenters. The third kappa shape index (κ3) is 4.00. The second kappa shape index (κ2) is 9.12. The van der Waals surface area contributed by atoms with Crippen molar-refractivity contribution in [2.75, 3.05) is 0 Å². The summed E-state index contributed by atoms with van der Waals surface area (Å²) in [6, 6.07) is 45.0. The summed E-state index contributed by atoms with van der Waals surface area (Å²) in [7, 11) is 0. The number of fused-ring (bicyclic) bond motifs is 3. The van der Waals surface area contributed by atoms with Crippen molar-refractivity contribution >= 4 is 31.5 Å². The van der Waals surface area contributed by atoms with Crippen LogP contribution in [0.2, 0.25) is 0 Å². The van der Waals surface area contributed by atoms with Crippen LogP contribution in [0.15, 0.2) is 134 Å². The fraction of sp³-hybridized carbons (Fsp3) is 0. The van der Waals surface area contributed by atoms with Crippen molar-refractivity contribution in [2.45, 2.75) is 0 Å². The quantitative estimate of drug-likeness (QED) is 0.245. The van der Waals surface area contributed by atoms with Crippen LogP contribution in [0.25, 0.3) is 64.9 Å². The standard InChI is InChI=1S/C34H22N2S/c1-3-10-23(11-4-1)25-18-26(24-12-5-2-6-13-24)20-27(19-25)31-21-32(36-22-35-31)30-16-9-15-29-28-14-7-8-17-33(28)37-34(29)30/h1-22H. The highest BCUT2D eigenvalue weighted by molar-refractivity contribution is 7.26. The van der Waals surface area contributed by atoms with Gasteiger partial charge >= 0.3 is 0 Å².